The molecule has 1 N–H and O–H groups in total. The molecule has 0 bridgehead atoms. The maximum absolute atomic E-state index is 12.7. The summed E-state index contributed by atoms with van der Waals surface area (Å²) in [5, 5.41) is 3.58. The van der Waals surface area contributed by atoms with Crippen LogP contribution < -0.4 is 5.32 Å². The van der Waals surface area contributed by atoms with Gasteiger partial charge in [0.05, 0.1) is 4.90 Å². The number of halogens is 1. The van der Waals surface area contributed by atoms with E-state index in [2.05, 4.69) is 21.2 Å². The highest BCUT2D eigenvalue weighted by Gasteiger charge is 2.30. The molecule has 1 aliphatic heterocycles. The van der Waals surface area contributed by atoms with E-state index >= 15 is 0 Å². The molecule has 1 aromatic rings. The highest BCUT2D eigenvalue weighted by molar-refractivity contribution is 9.10. The van der Waals surface area contributed by atoms with Crippen molar-refractivity contribution in [1.82, 2.24) is 9.62 Å². The molecule has 0 amide bonds. The number of rotatable bonds is 5. The highest BCUT2D eigenvalue weighted by atomic mass is 79.9. The van der Waals surface area contributed by atoms with Gasteiger partial charge in [-0.3, -0.25) is 0 Å². The molecule has 0 atom stereocenters. The van der Waals surface area contributed by atoms with E-state index in [0.29, 0.717) is 24.0 Å². The van der Waals surface area contributed by atoms with Crippen molar-refractivity contribution in [2.45, 2.75) is 43.5 Å². The highest BCUT2D eigenvalue weighted by Crippen LogP contribution is 2.29. The minimum Gasteiger partial charge on any atom is -0.314 e. The second-order valence-corrected chi connectivity index (χ2v) is 9.23. The first-order chi connectivity index (χ1) is 10.5. The van der Waals surface area contributed by atoms with Gasteiger partial charge >= 0.3 is 0 Å². The van der Waals surface area contributed by atoms with Gasteiger partial charge in [0, 0.05) is 23.6 Å². The van der Waals surface area contributed by atoms with Crippen LogP contribution in [0.1, 0.15) is 31.2 Å². The second-order valence-electron chi connectivity index (χ2n) is 6.44. The summed E-state index contributed by atoms with van der Waals surface area (Å²) in [6, 6.07) is 5.73. The Labute approximate surface area is 141 Å². The molecule has 3 rings (SSSR count). The summed E-state index contributed by atoms with van der Waals surface area (Å²) in [5.41, 5.74) is 1.04. The largest absolute Gasteiger partial charge is 0.314 e. The molecule has 2 aliphatic rings. The van der Waals surface area contributed by atoms with Gasteiger partial charge in [-0.25, -0.2) is 8.42 Å². The Bertz CT molecular complexity index is 636. The van der Waals surface area contributed by atoms with Crippen LogP contribution in [0.2, 0.25) is 0 Å². The van der Waals surface area contributed by atoms with E-state index in [1.807, 2.05) is 13.0 Å². The van der Waals surface area contributed by atoms with Crippen molar-refractivity contribution in [3.63, 3.8) is 0 Å². The van der Waals surface area contributed by atoms with Crippen LogP contribution in [-0.2, 0) is 10.0 Å². The second kappa shape index (κ2) is 6.59. The summed E-state index contributed by atoms with van der Waals surface area (Å²) in [7, 11) is -3.37. The zero-order chi connectivity index (χ0) is 15.7. The summed E-state index contributed by atoms with van der Waals surface area (Å²) in [6.45, 7) is 4.27. The Morgan fingerprint density at radius 1 is 1.23 bits per heavy atom. The fourth-order valence-electron chi connectivity index (χ4n) is 2.84. The Morgan fingerprint density at radius 2 is 1.91 bits per heavy atom. The summed E-state index contributed by atoms with van der Waals surface area (Å²) < 4.78 is 27.9. The SMILES string of the molecule is Cc1ccc(S(=O)(=O)N2CCC(NCC3CC3)CC2)cc1Br. The van der Waals surface area contributed by atoms with Crippen molar-refractivity contribution < 1.29 is 8.42 Å². The van der Waals surface area contributed by atoms with Gasteiger partial charge in [-0.05, 0) is 62.8 Å². The van der Waals surface area contributed by atoms with E-state index in [-0.39, 0.29) is 0 Å². The third kappa shape index (κ3) is 3.72. The lowest BCUT2D eigenvalue weighted by Crippen LogP contribution is -2.45. The molecule has 1 aromatic carbocycles. The lowest BCUT2D eigenvalue weighted by atomic mass is 10.1. The van der Waals surface area contributed by atoms with E-state index in [1.54, 1.807) is 16.4 Å². The average Bonchev–Trinajstić information content (AvgIpc) is 3.32. The summed E-state index contributed by atoms with van der Waals surface area (Å²) in [4.78, 5) is 0.384. The molecule has 1 heterocycles. The van der Waals surface area contributed by atoms with E-state index in [4.69, 9.17) is 0 Å². The first-order valence-corrected chi connectivity index (χ1v) is 10.2. The van der Waals surface area contributed by atoms with Crippen LogP contribution in [0.3, 0.4) is 0 Å². The number of sulfonamides is 1. The van der Waals surface area contributed by atoms with Crippen LogP contribution in [-0.4, -0.2) is 38.4 Å². The van der Waals surface area contributed by atoms with Crippen molar-refractivity contribution in [1.29, 1.82) is 0 Å². The number of piperidine rings is 1. The first-order valence-electron chi connectivity index (χ1n) is 7.96. The van der Waals surface area contributed by atoms with Crippen LogP contribution >= 0.6 is 15.9 Å². The van der Waals surface area contributed by atoms with Gasteiger partial charge in [0.2, 0.25) is 10.0 Å². The Hall–Kier alpha value is -0.430. The van der Waals surface area contributed by atoms with Gasteiger partial charge in [-0.15, -0.1) is 0 Å². The van der Waals surface area contributed by atoms with Crippen LogP contribution in [0.25, 0.3) is 0 Å². The number of benzene rings is 1. The van der Waals surface area contributed by atoms with Crippen molar-refractivity contribution in [3.8, 4) is 0 Å². The van der Waals surface area contributed by atoms with Gasteiger partial charge in [0.15, 0.2) is 0 Å². The van der Waals surface area contributed by atoms with Crippen LogP contribution in [0.15, 0.2) is 27.6 Å². The van der Waals surface area contributed by atoms with Gasteiger partial charge in [-0.2, -0.15) is 4.31 Å². The summed E-state index contributed by atoms with van der Waals surface area (Å²) in [5.74, 6) is 0.867. The Kier molecular flexibility index (Phi) is 4.92. The number of hydrogen-bond acceptors (Lipinski definition) is 3. The van der Waals surface area contributed by atoms with Crippen LogP contribution in [0.5, 0.6) is 0 Å². The molecule has 22 heavy (non-hydrogen) atoms. The van der Waals surface area contributed by atoms with Crippen molar-refractivity contribution in [2.24, 2.45) is 5.92 Å². The molecule has 0 aromatic heterocycles. The third-order valence-corrected chi connectivity index (χ3v) is 7.38. The quantitative estimate of drug-likeness (QED) is 0.845. The minimum atomic E-state index is -3.37. The summed E-state index contributed by atoms with van der Waals surface area (Å²) in [6.07, 6.45) is 4.50. The zero-order valence-corrected chi connectivity index (χ0v) is 15.3. The summed E-state index contributed by atoms with van der Waals surface area (Å²) >= 11 is 3.42. The minimum absolute atomic E-state index is 0.384. The third-order valence-electron chi connectivity index (χ3n) is 4.63. The van der Waals surface area contributed by atoms with Gasteiger partial charge < -0.3 is 5.32 Å². The molecule has 1 saturated heterocycles. The Balaban J connectivity index is 1.62. The molecule has 1 saturated carbocycles. The standard InChI is InChI=1S/C16H23BrN2O2S/c1-12-2-5-15(10-16(12)17)22(20,21)19-8-6-14(7-9-19)18-11-13-3-4-13/h2,5,10,13-14,18H,3-4,6-9,11H2,1H3. The lowest BCUT2D eigenvalue weighted by molar-refractivity contribution is 0.288. The predicted molar refractivity (Wildman–Crippen MR) is 91.4 cm³/mol. The number of nitrogens with one attached hydrogen (secondary N) is 1. The monoisotopic (exact) mass is 386 g/mol. The molecule has 122 valence electrons. The van der Waals surface area contributed by atoms with Gasteiger partial charge in [-0.1, -0.05) is 22.0 Å². The lowest BCUT2D eigenvalue weighted by Gasteiger charge is -2.31. The first kappa shape index (κ1) is 16.4. The van der Waals surface area contributed by atoms with E-state index in [1.165, 1.54) is 12.8 Å². The molecule has 2 fully saturated rings. The fraction of sp³-hybridized carbons (Fsp3) is 0.625. The molecule has 0 spiro atoms. The van der Waals surface area contributed by atoms with Gasteiger partial charge in [0.25, 0.3) is 0 Å². The van der Waals surface area contributed by atoms with E-state index < -0.39 is 10.0 Å². The van der Waals surface area contributed by atoms with E-state index in [9.17, 15) is 8.42 Å². The molecule has 1 aliphatic carbocycles. The molecular formula is C16H23BrN2O2S. The number of hydrogen-bond donors (Lipinski definition) is 1. The van der Waals surface area contributed by atoms with E-state index in [0.717, 1.165) is 35.3 Å². The number of nitrogens with zero attached hydrogens (tertiary/aromatic N) is 1. The maximum Gasteiger partial charge on any atom is 0.243 e. The number of aryl methyl sites for hydroxylation is 1. The van der Waals surface area contributed by atoms with Crippen LogP contribution in [0.4, 0.5) is 0 Å². The molecular weight excluding hydrogens is 364 g/mol. The van der Waals surface area contributed by atoms with Crippen molar-refractivity contribution >= 4 is 26.0 Å². The van der Waals surface area contributed by atoms with Crippen molar-refractivity contribution in [3.05, 3.63) is 28.2 Å². The normalized spacial score (nSPS) is 21.2. The molecule has 0 radical (unpaired) electrons. The molecule has 6 heteroatoms. The van der Waals surface area contributed by atoms with Gasteiger partial charge in [0.1, 0.15) is 0 Å². The molecule has 0 unspecified atom stereocenters. The Morgan fingerprint density at radius 3 is 2.50 bits per heavy atom. The fourth-order valence-corrected chi connectivity index (χ4v) is 4.87. The average molecular weight is 387 g/mol. The smallest absolute Gasteiger partial charge is 0.243 e. The molecule has 4 nitrogen and oxygen atoms in total. The van der Waals surface area contributed by atoms with Crippen molar-refractivity contribution in [2.75, 3.05) is 19.6 Å². The topological polar surface area (TPSA) is 49.4 Å². The maximum atomic E-state index is 12.7. The predicted octanol–water partition coefficient (Wildman–Crippen LogP) is 2.91. The zero-order valence-electron chi connectivity index (χ0n) is 12.9. The van der Waals surface area contributed by atoms with Crippen LogP contribution in [0, 0.1) is 12.8 Å².